The maximum Gasteiger partial charge on any atom is 0.165 e. The van der Waals surface area contributed by atoms with Gasteiger partial charge in [0.25, 0.3) is 0 Å². The number of rotatable bonds is 3. The predicted molar refractivity (Wildman–Crippen MR) is 41.6 cm³/mol. The van der Waals surface area contributed by atoms with Crippen molar-refractivity contribution < 1.29 is 13.9 Å². The largest absolute Gasteiger partial charge is 0.488 e. The molecule has 0 unspecified atom stereocenters. The van der Waals surface area contributed by atoms with Gasteiger partial charge in [0.05, 0.1) is 6.61 Å². The van der Waals surface area contributed by atoms with Crippen LogP contribution in [0.15, 0.2) is 24.3 Å². The summed E-state index contributed by atoms with van der Waals surface area (Å²) >= 11 is 0. The zero-order chi connectivity index (χ0) is 8.39. The van der Waals surface area contributed by atoms with Gasteiger partial charge >= 0.3 is 0 Å². The van der Waals surface area contributed by atoms with Crippen molar-refractivity contribution in [3.63, 3.8) is 0 Å². The minimum Gasteiger partial charge on any atom is -0.488 e. The van der Waals surface area contributed by atoms with Gasteiger partial charge in [-0.3, -0.25) is 0 Å². The second-order valence-corrected chi connectivity index (χ2v) is 2.70. The highest BCUT2D eigenvalue weighted by Gasteiger charge is 2.23. The summed E-state index contributed by atoms with van der Waals surface area (Å²) in [5.41, 5.74) is 0. The maximum absolute atomic E-state index is 12.9. The van der Waals surface area contributed by atoms with Crippen molar-refractivity contribution in [1.29, 1.82) is 0 Å². The summed E-state index contributed by atoms with van der Waals surface area (Å²) in [7, 11) is 0. The van der Waals surface area contributed by atoms with E-state index in [2.05, 4.69) is 0 Å². The lowest BCUT2D eigenvalue weighted by Crippen LogP contribution is -2.04. The number of ether oxygens (including phenoxy) is 2. The molecule has 0 aromatic heterocycles. The maximum atomic E-state index is 12.9. The Morgan fingerprint density at radius 1 is 1.50 bits per heavy atom. The molecule has 3 heteroatoms. The van der Waals surface area contributed by atoms with Crippen molar-refractivity contribution >= 4 is 0 Å². The van der Waals surface area contributed by atoms with Gasteiger partial charge in [-0.05, 0) is 12.1 Å². The second kappa shape index (κ2) is 3.11. The van der Waals surface area contributed by atoms with E-state index in [-0.39, 0.29) is 11.9 Å². The number of epoxide rings is 1. The summed E-state index contributed by atoms with van der Waals surface area (Å²) in [5, 5.41) is 0. The van der Waals surface area contributed by atoms with E-state index in [0.717, 1.165) is 6.61 Å². The monoisotopic (exact) mass is 168 g/mol. The van der Waals surface area contributed by atoms with E-state index in [4.69, 9.17) is 9.47 Å². The first-order valence-corrected chi connectivity index (χ1v) is 3.85. The Bertz CT molecular complexity index is 271. The molecule has 2 nitrogen and oxygen atoms in total. The van der Waals surface area contributed by atoms with E-state index in [1.807, 2.05) is 0 Å². The standard InChI is InChI=1S/C9H9FO2/c10-8-3-1-2-4-9(8)12-6-7-5-11-7/h1-4,7H,5-6H2/t7-/m0/s1. The van der Waals surface area contributed by atoms with Gasteiger partial charge in [0.15, 0.2) is 11.6 Å². The Hall–Kier alpha value is -1.09. The molecule has 1 aliphatic heterocycles. The molecular formula is C9H9FO2. The van der Waals surface area contributed by atoms with E-state index >= 15 is 0 Å². The van der Waals surface area contributed by atoms with Crippen LogP contribution in [0.2, 0.25) is 0 Å². The van der Waals surface area contributed by atoms with Crippen LogP contribution >= 0.6 is 0 Å². The first-order chi connectivity index (χ1) is 5.86. The summed E-state index contributed by atoms with van der Waals surface area (Å²) in [4.78, 5) is 0. The number of halogens is 1. The highest BCUT2D eigenvalue weighted by atomic mass is 19.1. The third-order valence-corrected chi connectivity index (χ3v) is 1.66. The number of hydrogen-bond donors (Lipinski definition) is 0. The zero-order valence-corrected chi connectivity index (χ0v) is 6.50. The molecule has 0 radical (unpaired) electrons. The van der Waals surface area contributed by atoms with Crippen LogP contribution < -0.4 is 4.74 Å². The van der Waals surface area contributed by atoms with E-state index in [0.29, 0.717) is 12.4 Å². The number of hydrogen-bond acceptors (Lipinski definition) is 2. The molecule has 0 bridgehead atoms. The van der Waals surface area contributed by atoms with Crippen molar-refractivity contribution in [2.24, 2.45) is 0 Å². The van der Waals surface area contributed by atoms with Crippen molar-refractivity contribution in [2.75, 3.05) is 13.2 Å². The van der Waals surface area contributed by atoms with Gasteiger partial charge in [0.1, 0.15) is 12.7 Å². The zero-order valence-electron chi connectivity index (χ0n) is 6.50. The summed E-state index contributed by atoms with van der Waals surface area (Å²) in [6.45, 7) is 1.18. The summed E-state index contributed by atoms with van der Waals surface area (Å²) in [5.74, 6) is -0.0221. The molecule has 0 saturated carbocycles. The quantitative estimate of drug-likeness (QED) is 0.639. The second-order valence-electron chi connectivity index (χ2n) is 2.70. The highest BCUT2D eigenvalue weighted by Crippen LogP contribution is 2.17. The Labute approximate surface area is 69.9 Å². The van der Waals surface area contributed by atoms with Gasteiger partial charge in [-0.1, -0.05) is 12.1 Å². The van der Waals surface area contributed by atoms with E-state index in [1.54, 1.807) is 18.2 Å². The van der Waals surface area contributed by atoms with Crippen LogP contribution in [0.4, 0.5) is 4.39 Å². The molecule has 1 aromatic carbocycles. The van der Waals surface area contributed by atoms with Crippen molar-refractivity contribution in [3.05, 3.63) is 30.1 Å². The van der Waals surface area contributed by atoms with Crippen LogP contribution in [0.25, 0.3) is 0 Å². The Kier molecular flexibility index (Phi) is 1.96. The molecular weight excluding hydrogens is 159 g/mol. The average Bonchev–Trinajstić information content (AvgIpc) is 2.86. The van der Waals surface area contributed by atoms with Crippen molar-refractivity contribution in [3.8, 4) is 5.75 Å². The van der Waals surface area contributed by atoms with Gasteiger partial charge in [0, 0.05) is 0 Å². The van der Waals surface area contributed by atoms with Crippen LogP contribution in [0.1, 0.15) is 0 Å². The lowest BCUT2D eigenvalue weighted by atomic mass is 10.3. The Balaban J connectivity index is 1.96. The van der Waals surface area contributed by atoms with Gasteiger partial charge in [0.2, 0.25) is 0 Å². The summed E-state index contributed by atoms with van der Waals surface area (Å²) in [6.07, 6.45) is 0.171. The Morgan fingerprint density at radius 3 is 2.92 bits per heavy atom. The van der Waals surface area contributed by atoms with Crippen LogP contribution in [0.3, 0.4) is 0 Å². The van der Waals surface area contributed by atoms with Gasteiger partial charge in [-0.25, -0.2) is 4.39 Å². The molecule has 0 N–H and O–H groups in total. The normalized spacial score (nSPS) is 20.6. The fourth-order valence-electron chi connectivity index (χ4n) is 0.909. The molecule has 0 aliphatic carbocycles. The molecule has 1 aliphatic rings. The Morgan fingerprint density at radius 2 is 2.25 bits per heavy atom. The van der Waals surface area contributed by atoms with Gasteiger partial charge in [-0.15, -0.1) is 0 Å². The third kappa shape index (κ3) is 1.74. The summed E-state index contributed by atoms with van der Waals surface area (Å²) < 4.78 is 23.0. The first kappa shape index (κ1) is 7.55. The fourth-order valence-corrected chi connectivity index (χ4v) is 0.909. The molecule has 1 fully saturated rings. The van der Waals surface area contributed by atoms with Crippen LogP contribution in [0, 0.1) is 5.82 Å². The molecule has 1 atom stereocenters. The van der Waals surface area contributed by atoms with E-state index in [9.17, 15) is 4.39 Å². The van der Waals surface area contributed by atoms with E-state index < -0.39 is 0 Å². The predicted octanol–water partition coefficient (Wildman–Crippen LogP) is 1.60. The molecule has 12 heavy (non-hydrogen) atoms. The molecule has 1 aromatic rings. The van der Waals surface area contributed by atoms with Crippen LogP contribution in [0.5, 0.6) is 5.75 Å². The van der Waals surface area contributed by atoms with Crippen molar-refractivity contribution in [1.82, 2.24) is 0 Å². The molecule has 1 heterocycles. The topological polar surface area (TPSA) is 21.8 Å². The third-order valence-electron chi connectivity index (χ3n) is 1.66. The molecule has 2 rings (SSSR count). The SMILES string of the molecule is Fc1ccccc1OC[C@@H]1CO1. The minimum absolute atomic E-state index is 0.171. The lowest BCUT2D eigenvalue weighted by Gasteiger charge is -2.03. The molecule has 1 saturated heterocycles. The smallest absolute Gasteiger partial charge is 0.165 e. The average molecular weight is 168 g/mol. The molecule has 0 spiro atoms. The van der Waals surface area contributed by atoms with Gasteiger partial charge < -0.3 is 9.47 Å². The number of benzene rings is 1. The minimum atomic E-state index is -0.321. The number of para-hydroxylation sites is 1. The van der Waals surface area contributed by atoms with Crippen molar-refractivity contribution in [2.45, 2.75) is 6.10 Å². The fraction of sp³-hybridized carbons (Fsp3) is 0.333. The van der Waals surface area contributed by atoms with Crippen LogP contribution in [-0.4, -0.2) is 19.3 Å². The lowest BCUT2D eigenvalue weighted by molar-refractivity contribution is 0.254. The summed E-state index contributed by atoms with van der Waals surface area (Å²) in [6, 6.07) is 6.36. The van der Waals surface area contributed by atoms with E-state index in [1.165, 1.54) is 6.07 Å². The van der Waals surface area contributed by atoms with Gasteiger partial charge in [-0.2, -0.15) is 0 Å². The molecule has 0 amide bonds. The molecule has 64 valence electrons. The van der Waals surface area contributed by atoms with Crippen LogP contribution in [-0.2, 0) is 4.74 Å². The highest BCUT2D eigenvalue weighted by molar-refractivity contribution is 5.23. The first-order valence-electron chi connectivity index (χ1n) is 3.85.